The lowest BCUT2D eigenvalue weighted by atomic mass is 10.1. The molecule has 0 aliphatic carbocycles. The summed E-state index contributed by atoms with van der Waals surface area (Å²) in [6.45, 7) is 8.73. The number of benzene rings is 1. The molecule has 3 nitrogen and oxygen atoms in total. The van der Waals surface area contributed by atoms with Crippen LogP contribution in [-0.4, -0.2) is 32.4 Å². The SMILES string of the molecule is CCNCC(OCCOC(C)C)c1ccc(F)cc1. The van der Waals surface area contributed by atoms with Crippen LogP contribution in [-0.2, 0) is 9.47 Å². The molecule has 1 aromatic carbocycles. The molecule has 0 saturated heterocycles. The summed E-state index contributed by atoms with van der Waals surface area (Å²) in [4.78, 5) is 0. The van der Waals surface area contributed by atoms with E-state index in [-0.39, 0.29) is 18.0 Å². The van der Waals surface area contributed by atoms with Crippen LogP contribution in [0.1, 0.15) is 32.4 Å². The Hall–Kier alpha value is -0.970. The summed E-state index contributed by atoms with van der Waals surface area (Å²) in [5.74, 6) is -0.228. The van der Waals surface area contributed by atoms with Crippen molar-refractivity contribution in [2.75, 3.05) is 26.3 Å². The van der Waals surface area contributed by atoms with Crippen LogP contribution in [0.15, 0.2) is 24.3 Å². The van der Waals surface area contributed by atoms with Gasteiger partial charge in [-0.2, -0.15) is 0 Å². The number of halogens is 1. The highest BCUT2D eigenvalue weighted by molar-refractivity contribution is 5.19. The van der Waals surface area contributed by atoms with Gasteiger partial charge in [0.05, 0.1) is 25.4 Å². The Morgan fingerprint density at radius 1 is 1.11 bits per heavy atom. The van der Waals surface area contributed by atoms with Crippen LogP contribution in [0, 0.1) is 5.82 Å². The zero-order valence-corrected chi connectivity index (χ0v) is 12.0. The second-order valence-corrected chi connectivity index (χ2v) is 4.64. The van der Waals surface area contributed by atoms with Crippen molar-refractivity contribution in [1.82, 2.24) is 5.32 Å². The molecular weight excluding hydrogens is 245 g/mol. The van der Waals surface area contributed by atoms with Gasteiger partial charge in [-0.1, -0.05) is 19.1 Å². The molecule has 1 aromatic rings. The van der Waals surface area contributed by atoms with E-state index in [0.717, 1.165) is 12.1 Å². The summed E-state index contributed by atoms with van der Waals surface area (Å²) < 4.78 is 24.2. The average molecular weight is 269 g/mol. The number of nitrogens with one attached hydrogen (secondary N) is 1. The summed E-state index contributed by atoms with van der Waals surface area (Å²) in [6.07, 6.45) is 0.137. The molecule has 0 fully saturated rings. The Labute approximate surface area is 115 Å². The van der Waals surface area contributed by atoms with Gasteiger partial charge in [-0.15, -0.1) is 0 Å². The summed E-state index contributed by atoms with van der Waals surface area (Å²) in [5, 5.41) is 3.25. The molecule has 0 amide bonds. The molecule has 4 heteroatoms. The minimum atomic E-state index is -0.228. The fourth-order valence-corrected chi connectivity index (χ4v) is 1.70. The third kappa shape index (κ3) is 6.66. The Morgan fingerprint density at radius 3 is 2.32 bits per heavy atom. The molecule has 19 heavy (non-hydrogen) atoms. The van der Waals surface area contributed by atoms with Crippen LogP contribution in [0.5, 0.6) is 0 Å². The van der Waals surface area contributed by atoms with Gasteiger partial charge in [0.2, 0.25) is 0 Å². The third-order valence-electron chi connectivity index (χ3n) is 2.68. The molecule has 1 unspecified atom stereocenters. The molecule has 0 aliphatic rings. The first kappa shape index (κ1) is 16.1. The lowest BCUT2D eigenvalue weighted by Crippen LogP contribution is -2.24. The molecule has 1 atom stereocenters. The Morgan fingerprint density at radius 2 is 1.74 bits per heavy atom. The van der Waals surface area contributed by atoms with Gasteiger partial charge in [-0.3, -0.25) is 0 Å². The second kappa shape index (κ2) is 9.02. The molecule has 108 valence electrons. The lowest BCUT2D eigenvalue weighted by molar-refractivity contribution is -0.0129. The van der Waals surface area contributed by atoms with E-state index in [0.29, 0.717) is 19.8 Å². The van der Waals surface area contributed by atoms with Crippen LogP contribution in [0.25, 0.3) is 0 Å². The molecule has 1 rings (SSSR count). The maximum absolute atomic E-state index is 12.9. The van der Waals surface area contributed by atoms with Crippen molar-refractivity contribution in [1.29, 1.82) is 0 Å². The maximum Gasteiger partial charge on any atom is 0.123 e. The summed E-state index contributed by atoms with van der Waals surface area (Å²) in [5.41, 5.74) is 0.979. The van der Waals surface area contributed by atoms with Crippen molar-refractivity contribution >= 4 is 0 Å². The molecule has 0 aromatic heterocycles. The van der Waals surface area contributed by atoms with E-state index in [9.17, 15) is 4.39 Å². The zero-order chi connectivity index (χ0) is 14.1. The number of hydrogen-bond acceptors (Lipinski definition) is 3. The smallest absolute Gasteiger partial charge is 0.123 e. The van der Waals surface area contributed by atoms with E-state index in [4.69, 9.17) is 9.47 Å². The number of likely N-dealkylation sites (N-methyl/N-ethyl adjacent to an activating group) is 1. The van der Waals surface area contributed by atoms with Crippen molar-refractivity contribution < 1.29 is 13.9 Å². The predicted octanol–water partition coefficient (Wildman–Crippen LogP) is 2.92. The Balaban J connectivity index is 2.48. The lowest BCUT2D eigenvalue weighted by Gasteiger charge is -2.19. The predicted molar refractivity (Wildman–Crippen MR) is 74.7 cm³/mol. The zero-order valence-electron chi connectivity index (χ0n) is 12.0. The molecule has 0 aliphatic heterocycles. The van der Waals surface area contributed by atoms with E-state index < -0.39 is 0 Å². The van der Waals surface area contributed by atoms with Crippen LogP contribution in [0.4, 0.5) is 4.39 Å². The van der Waals surface area contributed by atoms with E-state index in [1.54, 1.807) is 12.1 Å². The largest absolute Gasteiger partial charge is 0.376 e. The third-order valence-corrected chi connectivity index (χ3v) is 2.68. The van der Waals surface area contributed by atoms with Crippen molar-refractivity contribution in [3.05, 3.63) is 35.6 Å². The van der Waals surface area contributed by atoms with Crippen molar-refractivity contribution in [2.24, 2.45) is 0 Å². The first-order chi connectivity index (χ1) is 9.13. The fourth-order valence-electron chi connectivity index (χ4n) is 1.70. The average Bonchev–Trinajstić information content (AvgIpc) is 2.39. The van der Waals surface area contributed by atoms with Crippen LogP contribution >= 0.6 is 0 Å². The van der Waals surface area contributed by atoms with Gasteiger partial charge in [0.15, 0.2) is 0 Å². The van der Waals surface area contributed by atoms with Crippen LogP contribution in [0.3, 0.4) is 0 Å². The first-order valence-corrected chi connectivity index (χ1v) is 6.82. The number of ether oxygens (including phenoxy) is 2. The van der Waals surface area contributed by atoms with E-state index in [1.807, 2.05) is 20.8 Å². The van der Waals surface area contributed by atoms with Gasteiger partial charge in [0.25, 0.3) is 0 Å². The monoisotopic (exact) mass is 269 g/mol. The van der Waals surface area contributed by atoms with Gasteiger partial charge >= 0.3 is 0 Å². The summed E-state index contributed by atoms with van der Waals surface area (Å²) >= 11 is 0. The van der Waals surface area contributed by atoms with E-state index in [1.165, 1.54) is 12.1 Å². The van der Waals surface area contributed by atoms with Gasteiger partial charge < -0.3 is 14.8 Å². The molecule has 1 N–H and O–H groups in total. The molecule has 0 bridgehead atoms. The molecule has 0 saturated carbocycles. The maximum atomic E-state index is 12.9. The normalized spacial score (nSPS) is 12.9. The standard InChI is InChI=1S/C15H24FNO2/c1-4-17-11-15(19-10-9-18-12(2)3)13-5-7-14(16)8-6-13/h5-8,12,15,17H,4,9-11H2,1-3H3. The minimum absolute atomic E-state index is 0.0729. The number of hydrogen-bond donors (Lipinski definition) is 1. The summed E-state index contributed by atoms with van der Waals surface area (Å²) in [7, 11) is 0. The molecule has 0 radical (unpaired) electrons. The molecule has 0 spiro atoms. The minimum Gasteiger partial charge on any atom is -0.376 e. The first-order valence-electron chi connectivity index (χ1n) is 6.82. The number of rotatable bonds is 9. The molecular formula is C15H24FNO2. The van der Waals surface area contributed by atoms with Crippen LogP contribution in [0.2, 0.25) is 0 Å². The quantitative estimate of drug-likeness (QED) is 0.699. The summed E-state index contributed by atoms with van der Waals surface area (Å²) in [6, 6.07) is 6.45. The second-order valence-electron chi connectivity index (χ2n) is 4.64. The Kier molecular flexibility index (Phi) is 7.63. The van der Waals surface area contributed by atoms with E-state index in [2.05, 4.69) is 5.32 Å². The van der Waals surface area contributed by atoms with E-state index >= 15 is 0 Å². The van der Waals surface area contributed by atoms with Gasteiger partial charge in [-0.25, -0.2) is 4.39 Å². The topological polar surface area (TPSA) is 30.5 Å². The Bertz CT molecular complexity index is 341. The highest BCUT2D eigenvalue weighted by Crippen LogP contribution is 2.17. The highest BCUT2D eigenvalue weighted by Gasteiger charge is 2.11. The molecule has 0 heterocycles. The van der Waals surface area contributed by atoms with Crippen LogP contribution < -0.4 is 5.32 Å². The fraction of sp³-hybridized carbons (Fsp3) is 0.600. The van der Waals surface area contributed by atoms with Gasteiger partial charge in [0.1, 0.15) is 5.82 Å². The van der Waals surface area contributed by atoms with Crippen molar-refractivity contribution in [3.63, 3.8) is 0 Å². The van der Waals surface area contributed by atoms with Crippen molar-refractivity contribution in [3.8, 4) is 0 Å². The highest BCUT2D eigenvalue weighted by atomic mass is 19.1. The van der Waals surface area contributed by atoms with Gasteiger partial charge in [-0.05, 0) is 38.1 Å². The van der Waals surface area contributed by atoms with Crippen molar-refractivity contribution in [2.45, 2.75) is 33.0 Å². The van der Waals surface area contributed by atoms with Gasteiger partial charge in [0, 0.05) is 6.54 Å².